The van der Waals surface area contributed by atoms with Crippen LogP contribution in [0.1, 0.15) is 11.4 Å². The molecular weight excluding hydrogens is 262 g/mol. The Morgan fingerprint density at radius 1 is 1.29 bits per heavy atom. The molecule has 5 nitrogen and oxygen atoms in total. The molecule has 0 amide bonds. The first-order valence-corrected chi connectivity index (χ1v) is 7.26. The molecule has 21 heavy (non-hydrogen) atoms. The van der Waals surface area contributed by atoms with E-state index >= 15 is 0 Å². The summed E-state index contributed by atoms with van der Waals surface area (Å²) in [5.74, 6) is 1.01. The molecule has 2 N–H and O–H groups in total. The van der Waals surface area contributed by atoms with Crippen LogP contribution in [-0.4, -0.2) is 26.1 Å². The first kappa shape index (κ1) is 12.2. The minimum Gasteiger partial charge on any atom is -0.384 e. The first-order valence-electron chi connectivity index (χ1n) is 7.26. The quantitative estimate of drug-likeness (QED) is 0.771. The fourth-order valence-corrected chi connectivity index (χ4v) is 2.94. The van der Waals surface area contributed by atoms with E-state index in [9.17, 15) is 0 Å². The predicted molar refractivity (Wildman–Crippen MR) is 82.1 cm³/mol. The molecule has 1 aliphatic heterocycles. The molecule has 3 heterocycles. The molecule has 0 fully saturated rings. The van der Waals surface area contributed by atoms with Crippen LogP contribution in [0.25, 0.3) is 11.3 Å². The number of nitrogens with one attached hydrogen (secondary N) is 2. The third kappa shape index (κ3) is 2.20. The maximum atomic E-state index is 4.33. The molecule has 0 radical (unpaired) electrons. The number of benzene rings is 1. The highest BCUT2D eigenvalue weighted by atomic mass is 15.1. The Morgan fingerprint density at radius 3 is 3.19 bits per heavy atom. The van der Waals surface area contributed by atoms with E-state index in [-0.39, 0.29) is 0 Å². The van der Waals surface area contributed by atoms with E-state index in [0.717, 1.165) is 37.4 Å². The largest absolute Gasteiger partial charge is 0.384 e. The van der Waals surface area contributed by atoms with Gasteiger partial charge >= 0.3 is 0 Å². The predicted octanol–water partition coefficient (Wildman–Crippen LogP) is 2.48. The smallest absolute Gasteiger partial charge is 0.107 e. The Morgan fingerprint density at radius 2 is 2.29 bits per heavy atom. The third-order valence-electron chi connectivity index (χ3n) is 3.98. The highest BCUT2D eigenvalue weighted by molar-refractivity contribution is 5.79. The summed E-state index contributed by atoms with van der Waals surface area (Å²) in [4.78, 5) is 11.7. The zero-order valence-electron chi connectivity index (χ0n) is 11.7. The first-order chi connectivity index (χ1) is 10.4. The van der Waals surface area contributed by atoms with E-state index in [0.29, 0.717) is 0 Å². The maximum absolute atomic E-state index is 4.33. The van der Waals surface area contributed by atoms with Gasteiger partial charge in [-0.2, -0.15) is 0 Å². The van der Waals surface area contributed by atoms with Gasteiger partial charge in [-0.15, -0.1) is 0 Å². The lowest BCUT2D eigenvalue weighted by Gasteiger charge is -2.11. The topological polar surface area (TPSA) is 58.5 Å². The number of aromatic amines is 1. The van der Waals surface area contributed by atoms with E-state index in [1.54, 1.807) is 6.20 Å². The molecular formula is C16H17N5. The maximum Gasteiger partial charge on any atom is 0.107 e. The van der Waals surface area contributed by atoms with Crippen molar-refractivity contribution >= 4 is 5.69 Å². The lowest BCUT2D eigenvalue weighted by atomic mass is 10.1. The molecule has 0 saturated heterocycles. The third-order valence-corrected chi connectivity index (χ3v) is 3.98. The number of aryl methyl sites for hydroxylation is 2. The van der Waals surface area contributed by atoms with Crippen LogP contribution in [0.15, 0.2) is 43.1 Å². The number of imidazole rings is 2. The van der Waals surface area contributed by atoms with E-state index in [4.69, 9.17) is 0 Å². The van der Waals surface area contributed by atoms with E-state index in [1.165, 1.54) is 16.8 Å². The van der Waals surface area contributed by atoms with Gasteiger partial charge < -0.3 is 14.9 Å². The lowest BCUT2D eigenvalue weighted by molar-refractivity contribution is 0.681. The van der Waals surface area contributed by atoms with Crippen molar-refractivity contribution in [2.24, 2.45) is 0 Å². The fraction of sp³-hybridized carbons (Fsp3) is 0.250. The monoisotopic (exact) mass is 279 g/mol. The number of fused-ring (bicyclic) bond motifs is 1. The molecule has 3 aromatic rings. The Kier molecular flexibility index (Phi) is 2.96. The summed E-state index contributed by atoms with van der Waals surface area (Å²) in [6.45, 7) is 1.89. The Hall–Kier alpha value is -2.56. The number of anilines is 1. The van der Waals surface area contributed by atoms with E-state index in [2.05, 4.69) is 43.0 Å². The molecule has 0 bridgehead atoms. The summed E-state index contributed by atoms with van der Waals surface area (Å²) in [6.07, 6.45) is 9.46. The van der Waals surface area contributed by atoms with Crippen molar-refractivity contribution < 1.29 is 0 Å². The second-order valence-electron chi connectivity index (χ2n) is 5.27. The summed E-state index contributed by atoms with van der Waals surface area (Å²) in [5.41, 5.74) is 5.05. The van der Waals surface area contributed by atoms with Crippen LogP contribution >= 0.6 is 0 Å². The van der Waals surface area contributed by atoms with Gasteiger partial charge in [0, 0.05) is 43.2 Å². The van der Waals surface area contributed by atoms with Crippen molar-refractivity contribution in [1.29, 1.82) is 0 Å². The number of H-pyrrole nitrogens is 1. The van der Waals surface area contributed by atoms with Crippen LogP contribution in [0, 0.1) is 0 Å². The number of nitrogens with zero attached hydrogens (tertiary/aromatic N) is 3. The average Bonchev–Trinajstić information content (AvgIpc) is 3.25. The molecule has 0 spiro atoms. The van der Waals surface area contributed by atoms with Crippen LogP contribution in [0.5, 0.6) is 0 Å². The number of hydrogen-bond donors (Lipinski definition) is 2. The van der Waals surface area contributed by atoms with E-state index in [1.807, 2.05) is 18.7 Å². The second-order valence-corrected chi connectivity index (χ2v) is 5.27. The molecule has 1 aliphatic rings. The SMILES string of the molecule is c1cc2c(c(-c3cncn3CCc3ncc[nH]3)c1)NCC2. The summed E-state index contributed by atoms with van der Waals surface area (Å²) >= 11 is 0. The van der Waals surface area contributed by atoms with Crippen LogP contribution in [0.4, 0.5) is 5.69 Å². The Labute approximate surface area is 123 Å². The molecule has 0 aliphatic carbocycles. The highest BCUT2D eigenvalue weighted by Crippen LogP contribution is 2.34. The Bertz CT molecular complexity index is 742. The average molecular weight is 279 g/mol. The zero-order chi connectivity index (χ0) is 14.1. The molecule has 0 atom stereocenters. The van der Waals surface area contributed by atoms with Crippen LogP contribution < -0.4 is 5.32 Å². The number of hydrogen-bond acceptors (Lipinski definition) is 3. The van der Waals surface area contributed by atoms with Crippen molar-refractivity contribution in [1.82, 2.24) is 19.5 Å². The minimum atomic E-state index is 0.868. The van der Waals surface area contributed by atoms with Crippen LogP contribution in [0.3, 0.4) is 0 Å². The molecule has 2 aromatic heterocycles. The zero-order valence-corrected chi connectivity index (χ0v) is 11.7. The van der Waals surface area contributed by atoms with Crippen LogP contribution in [-0.2, 0) is 19.4 Å². The van der Waals surface area contributed by atoms with Gasteiger partial charge in [0.05, 0.1) is 18.2 Å². The molecule has 0 saturated carbocycles. The van der Waals surface area contributed by atoms with Gasteiger partial charge in [0.25, 0.3) is 0 Å². The summed E-state index contributed by atoms with van der Waals surface area (Å²) in [5, 5.41) is 3.49. The molecule has 5 heteroatoms. The number of rotatable bonds is 4. The second kappa shape index (κ2) is 5.09. The molecule has 0 unspecified atom stereocenters. The normalized spacial score (nSPS) is 13.1. The summed E-state index contributed by atoms with van der Waals surface area (Å²) < 4.78 is 2.19. The van der Waals surface area contributed by atoms with Crippen molar-refractivity contribution in [2.75, 3.05) is 11.9 Å². The van der Waals surface area contributed by atoms with Crippen molar-refractivity contribution in [2.45, 2.75) is 19.4 Å². The number of para-hydroxylation sites is 1. The fourth-order valence-electron chi connectivity index (χ4n) is 2.94. The summed E-state index contributed by atoms with van der Waals surface area (Å²) in [6, 6.07) is 6.49. The van der Waals surface area contributed by atoms with Gasteiger partial charge in [0.2, 0.25) is 0 Å². The van der Waals surface area contributed by atoms with Crippen LogP contribution in [0.2, 0.25) is 0 Å². The van der Waals surface area contributed by atoms with Gasteiger partial charge in [-0.05, 0) is 12.0 Å². The lowest BCUT2D eigenvalue weighted by Crippen LogP contribution is -2.04. The van der Waals surface area contributed by atoms with Crippen molar-refractivity contribution in [3.05, 3.63) is 54.5 Å². The van der Waals surface area contributed by atoms with E-state index < -0.39 is 0 Å². The van der Waals surface area contributed by atoms with Crippen molar-refractivity contribution in [3.8, 4) is 11.3 Å². The molecule has 4 rings (SSSR count). The molecule has 106 valence electrons. The minimum absolute atomic E-state index is 0.868. The van der Waals surface area contributed by atoms with Crippen molar-refractivity contribution in [3.63, 3.8) is 0 Å². The van der Waals surface area contributed by atoms with Gasteiger partial charge in [-0.1, -0.05) is 18.2 Å². The van der Waals surface area contributed by atoms with Gasteiger partial charge in [-0.3, -0.25) is 0 Å². The van der Waals surface area contributed by atoms with Gasteiger partial charge in [0.1, 0.15) is 5.82 Å². The highest BCUT2D eigenvalue weighted by Gasteiger charge is 2.17. The summed E-state index contributed by atoms with van der Waals surface area (Å²) in [7, 11) is 0. The Balaban J connectivity index is 1.65. The van der Waals surface area contributed by atoms with Gasteiger partial charge in [0.15, 0.2) is 0 Å². The number of aromatic nitrogens is 4. The molecule has 1 aromatic carbocycles. The van der Waals surface area contributed by atoms with Gasteiger partial charge in [-0.25, -0.2) is 9.97 Å². The standard InChI is InChI=1S/C16H17N5/c1-2-12-4-6-20-16(12)13(3-1)14-10-17-11-21(14)9-5-15-18-7-8-19-15/h1-3,7-8,10-11,20H,4-6,9H2,(H,18,19).